The van der Waals surface area contributed by atoms with Crippen LogP contribution in [-0.2, 0) is 6.54 Å². The summed E-state index contributed by atoms with van der Waals surface area (Å²) in [6.45, 7) is 2.41. The molecule has 0 atom stereocenters. The molecule has 1 aliphatic rings. The monoisotopic (exact) mass is 432 g/mol. The van der Waals surface area contributed by atoms with Crippen molar-refractivity contribution >= 4 is 44.6 Å². The van der Waals surface area contributed by atoms with Gasteiger partial charge in [-0.1, -0.05) is 41.9 Å². The van der Waals surface area contributed by atoms with Gasteiger partial charge in [0.2, 0.25) is 0 Å². The number of aromatic nitrogens is 1. The lowest BCUT2D eigenvalue weighted by atomic mass is 10.1. The van der Waals surface area contributed by atoms with Crippen LogP contribution in [0.15, 0.2) is 53.4 Å². The molecular weight excluding hydrogens is 408 g/mol. The summed E-state index contributed by atoms with van der Waals surface area (Å²) in [5, 5.41) is 4.99. The number of nitrogens with one attached hydrogen (secondary N) is 1. The van der Waals surface area contributed by atoms with Crippen molar-refractivity contribution in [2.24, 2.45) is 5.73 Å². The van der Waals surface area contributed by atoms with Gasteiger partial charge < -0.3 is 16.0 Å². The van der Waals surface area contributed by atoms with E-state index in [0.717, 1.165) is 40.9 Å². The predicted octanol–water partition coefficient (Wildman–Crippen LogP) is 4.78. The van der Waals surface area contributed by atoms with E-state index < -0.39 is 10.6 Å². The minimum atomic E-state index is -2.82. The van der Waals surface area contributed by atoms with Crippen LogP contribution >= 0.6 is 22.2 Å². The van der Waals surface area contributed by atoms with E-state index in [2.05, 4.69) is 10.2 Å². The molecule has 0 spiro atoms. The molecule has 0 saturated carbocycles. The minimum absolute atomic E-state index is 0.266. The molecule has 5 N–H and O–H groups in total. The largest absolute Gasteiger partial charge is 0.384 e. The van der Waals surface area contributed by atoms with Crippen LogP contribution in [0.25, 0.3) is 10.9 Å². The first-order valence-corrected chi connectivity index (χ1v) is 11.7. The number of nitrogens with two attached hydrogens (primary N) is 1. The molecule has 1 aliphatic heterocycles. The number of fused-ring (bicyclic) bond motifs is 2. The molecule has 0 fully saturated rings. The molecule has 2 aromatic carbocycles. The van der Waals surface area contributed by atoms with E-state index in [-0.39, 0.29) is 5.75 Å². The third-order valence-electron chi connectivity index (χ3n) is 5.13. The highest BCUT2D eigenvalue weighted by atomic mass is 35.5. The van der Waals surface area contributed by atoms with Crippen molar-refractivity contribution in [3.63, 3.8) is 0 Å². The topological polar surface area (TPSA) is 94.6 Å². The molecule has 0 aliphatic carbocycles. The third kappa shape index (κ3) is 4.15. The Labute approximate surface area is 177 Å². The molecule has 8 heteroatoms. The number of halogens is 1. The number of pyridine rings is 1. The summed E-state index contributed by atoms with van der Waals surface area (Å²) in [6, 6.07) is 15.3. The van der Waals surface area contributed by atoms with Crippen molar-refractivity contribution in [1.29, 1.82) is 0 Å². The predicted molar refractivity (Wildman–Crippen MR) is 122 cm³/mol. The molecule has 4 rings (SSSR count). The number of para-hydroxylation sites is 1. The zero-order valence-corrected chi connectivity index (χ0v) is 17.6. The van der Waals surface area contributed by atoms with E-state index >= 15 is 0 Å². The van der Waals surface area contributed by atoms with Crippen molar-refractivity contribution in [3.05, 3.63) is 59.1 Å². The molecule has 1 aromatic heterocycles. The van der Waals surface area contributed by atoms with Gasteiger partial charge in [0.25, 0.3) is 0 Å². The van der Waals surface area contributed by atoms with Gasteiger partial charge in [-0.15, -0.1) is 0 Å². The molecule has 154 valence electrons. The number of nitrogens with zero attached hydrogens (tertiary/aromatic N) is 2. The smallest absolute Gasteiger partial charge is 0.131 e. The Balaban J connectivity index is 1.76. The van der Waals surface area contributed by atoms with Crippen molar-refractivity contribution < 1.29 is 9.11 Å². The lowest BCUT2D eigenvalue weighted by molar-refractivity contribution is 0.488. The highest BCUT2D eigenvalue weighted by Gasteiger charge is 2.26. The van der Waals surface area contributed by atoms with Crippen LogP contribution in [0.2, 0.25) is 5.02 Å². The molecule has 3 aromatic rings. The van der Waals surface area contributed by atoms with E-state index in [1.165, 1.54) is 0 Å². The Bertz CT molecular complexity index is 1030. The number of anilines is 2. The van der Waals surface area contributed by atoms with Crippen LogP contribution < -0.4 is 16.0 Å². The van der Waals surface area contributed by atoms with E-state index in [0.29, 0.717) is 29.6 Å². The molecule has 6 nitrogen and oxygen atoms in total. The average Bonchev–Trinajstić information content (AvgIpc) is 2.85. The molecular formula is C21H25ClN4O2S. The molecule has 0 amide bonds. The highest BCUT2D eigenvalue weighted by molar-refractivity contribution is 8.24. The summed E-state index contributed by atoms with van der Waals surface area (Å²) in [5.74, 6) is 1.02. The first kappa shape index (κ1) is 20.3. The molecule has 0 unspecified atom stereocenters. The minimum Gasteiger partial charge on any atom is -0.384 e. The molecule has 2 heterocycles. The van der Waals surface area contributed by atoms with Crippen LogP contribution in [-0.4, -0.2) is 39.5 Å². The maximum absolute atomic E-state index is 10.6. The zero-order chi connectivity index (χ0) is 20.4. The number of rotatable bonds is 5. The summed E-state index contributed by atoms with van der Waals surface area (Å²) < 4.78 is 21.3. The van der Waals surface area contributed by atoms with Gasteiger partial charge in [0.05, 0.1) is 21.2 Å². The Morgan fingerprint density at radius 2 is 2.00 bits per heavy atom. The van der Waals surface area contributed by atoms with Crippen molar-refractivity contribution in [1.82, 2.24) is 4.98 Å². The van der Waals surface area contributed by atoms with Crippen LogP contribution in [0.1, 0.15) is 12.0 Å². The van der Waals surface area contributed by atoms with Gasteiger partial charge >= 0.3 is 0 Å². The molecule has 29 heavy (non-hydrogen) atoms. The van der Waals surface area contributed by atoms with E-state index in [4.69, 9.17) is 22.3 Å². The second-order valence-corrected chi connectivity index (χ2v) is 9.72. The Kier molecular flexibility index (Phi) is 5.85. The summed E-state index contributed by atoms with van der Waals surface area (Å²) in [4.78, 5) is 7.53. The van der Waals surface area contributed by atoms with Gasteiger partial charge in [0.1, 0.15) is 5.82 Å². The fourth-order valence-corrected chi connectivity index (χ4v) is 5.38. The summed E-state index contributed by atoms with van der Waals surface area (Å²) in [6.07, 6.45) is 0.859. The van der Waals surface area contributed by atoms with E-state index in [9.17, 15) is 9.11 Å². The molecule has 0 bridgehead atoms. The van der Waals surface area contributed by atoms with Crippen LogP contribution in [0.5, 0.6) is 0 Å². The van der Waals surface area contributed by atoms with Crippen molar-refractivity contribution in [2.45, 2.75) is 17.9 Å². The number of benzene rings is 2. The lowest BCUT2D eigenvalue weighted by Crippen LogP contribution is -2.26. The van der Waals surface area contributed by atoms with Crippen LogP contribution in [0.4, 0.5) is 11.5 Å². The van der Waals surface area contributed by atoms with Crippen molar-refractivity contribution in [3.8, 4) is 0 Å². The summed E-state index contributed by atoms with van der Waals surface area (Å²) in [5.41, 5.74) is 8.22. The maximum Gasteiger partial charge on any atom is 0.131 e. The second-order valence-electron chi connectivity index (χ2n) is 7.13. The van der Waals surface area contributed by atoms with Gasteiger partial charge in [-0.05, 0) is 30.7 Å². The molecule has 0 radical (unpaired) electrons. The number of hydrogen-bond donors (Lipinski definition) is 4. The first-order valence-electron chi connectivity index (χ1n) is 9.61. The Morgan fingerprint density at radius 3 is 2.83 bits per heavy atom. The van der Waals surface area contributed by atoms with Gasteiger partial charge in [-0.25, -0.2) is 4.98 Å². The van der Waals surface area contributed by atoms with Gasteiger partial charge in [0.15, 0.2) is 0 Å². The van der Waals surface area contributed by atoms with Crippen molar-refractivity contribution in [2.75, 3.05) is 35.6 Å². The van der Waals surface area contributed by atoms with Gasteiger partial charge in [-0.3, -0.25) is 9.11 Å². The Hall–Kier alpha value is -2.03. The second kappa shape index (κ2) is 8.38. The normalized spacial score (nSPS) is 16.9. The maximum atomic E-state index is 10.6. The molecule has 0 saturated heterocycles. The van der Waals surface area contributed by atoms with E-state index in [1.54, 1.807) is 6.07 Å². The Morgan fingerprint density at radius 1 is 1.17 bits per heavy atom. The SMILES string of the molecule is NCCCNc1cc(N2CCS(O)(O)c3ccccc3C2)nc2c(Cl)cccc12. The standard InChI is InChI=1S/C21H25ClN4O2S/c22-17-7-3-6-16-18(24-10-4-9-23)13-20(25-21(16)17)26-11-12-29(27,28)19-8-2-1-5-15(19)14-26/h1-3,5-8,13,27-28H,4,9-12,14,23H2,(H,24,25). The highest BCUT2D eigenvalue weighted by Crippen LogP contribution is 2.51. The first-order chi connectivity index (χ1) is 14.0. The van der Waals surface area contributed by atoms with Crippen LogP contribution in [0.3, 0.4) is 0 Å². The fourth-order valence-electron chi connectivity index (χ4n) is 3.61. The average molecular weight is 433 g/mol. The summed E-state index contributed by atoms with van der Waals surface area (Å²) >= 11 is 6.46. The third-order valence-corrected chi connectivity index (χ3v) is 7.29. The van der Waals surface area contributed by atoms with Gasteiger partial charge in [-0.2, -0.15) is 10.6 Å². The zero-order valence-electron chi connectivity index (χ0n) is 16.0. The fraction of sp³-hybridized carbons (Fsp3) is 0.286. The quantitative estimate of drug-likeness (QED) is 0.433. The lowest BCUT2D eigenvalue weighted by Gasteiger charge is -2.32. The van der Waals surface area contributed by atoms with E-state index in [1.807, 2.05) is 42.5 Å². The van der Waals surface area contributed by atoms with Gasteiger partial charge in [0, 0.05) is 36.8 Å². The number of hydrogen-bond acceptors (Lipinski definition) is 6. The van der Waals surface area contributed by atoms with Crippen LogP contribution in [0, 0.1) is 0 Å². The summed E-state index contributed by atoms with van der Waals surface area (Å²) in [7, 11) is -2.82.